The van der Waals surface area contributed by atoms with Gasteiger partial charge in [0.25, 0.3) is 0 Å². The Morgan fingerprint density at radius 3 is 2.23 bits per heavy atom. The van der Waals surface area contributed by atoms with Gasteiger partial charge in [-0.3, -0.25) is 0 Å². The van der Waals surface area contributed by atoms with Crippen molar-refractivity contribution in [3.05, 3.63) is 71.5 Å². The number of aromatic nitrogens is 2. The summed E-state index contributed by atoms with van der Waals surface area (Å²) in [5.74, 6) is 0.313. The zero-order chi connectivity index (χ0) is 21.3. The number of anilines is 1. The topological polar surface area (TPSA) is 66.4 Å². The highest BCUT2D eigenvalue weighted by Gasteiger charge is 2.29. The molecule has 0 spiro atoms. The van der Waals surface area contributed by atoms with Gasteiger partial charge in [0, 0.05) is 31.7 Å². The Labute approximate surface area is 176 Å². The van der Waals surface area contributed by atoms with Gasteiger partial charge < -0.3 is 4.90 Å². The van der Waals surface area contributed by atoms with Crippen LogP contribution >= 0.6 is 0 Å². The fourth-order valence-electron chi connectivity index (χ4n) is 3.58. The van der Waals surface area contributed by atoms with Crippen LogP contribution in [0, 0.1) is 19.7 Å². The Hall–Kier alpha value is -2.84. The lowest BCUT2D eigenvalue weighted by atomic mass is 10.1. The number of benzene rings is 2. The lowest BCUT2D eigenvalue weighted by Crippen LogP contribution is -2.49. The average molecular weight is 427 g/mol. The van der Waals surface area contributed by atoms with Gasteiger partial charge in [-0.15, -0.1) is 10.2 Å². The molecule has 0 N–H and O–H groups in total. The summed E-state index contributed by atoms with van der Waals surface area (Å²) in [6.45, 7) is 5.29. The Kier molecular flexibility index (Phi) is 5.53. The predicted octanol–water partition coefficient (Wildman–Crippen LogP) is 3.41. The quantitative estimate of drug-likeness (QED) is 0.640. The molecule has 1 saturated heterocycles. The fourth-order valence-corrected chi connectivity index (χ4v) is 5.09. The molecule has 2 heterocycles. The van der Waals surface area contributed by atoms with E-state index in [2.05, 4.69) is 10.2 Å². The van der Waals surface area contributed by atoms with Crippen molar-refractivity contribution in [3.8, 4) is 11.3 Å². The molecule has 1 aromatic heterocycles. The number of sulfonamides is 1. The Balaban J connectivity index is 1.45. The number of rotatable bonds is 4. The molecule has 0 amide bonds. The van der Waals surface area contributed by atoms with Crippen LogP contribution in [-0.2, 0) is 10.0 Å². The van der Waals surface area contributed by atoms with Crippen molar-refractivity contribution in [2.75, 3.05) is 31.1 Å². The van der Waals surface area contributed by atoms with Crippen molar-refractivity contribution in [2.45, 2.75) is 18.7 Å². The molecule has 3 aromatic rings. The molecule has 2 aromatic carbocycles. The maximum atomic E-state index is 13.5. The van der Waals surface area contributed by atoms with Gasteiger partial charge in [0.05, 0.1) is 10.6 Å². The van der Waals surface area contributed by atoms with E-state index in [1.54, 1.807) is 6.92 Å². The number of piperazine rings is 1. The highest BCUT2D eigenvalue weighted by molar-refractivity contribution is 7.89. The monoisotopic (exact) mass is 426 g/mol. The fraction of sp³-hybridized carbons (Fsp3) is 0.273. The SMILES string of the molecule is Cc1cc(S(=O)(=O)N2CCN(c3ccc(-c4ccccc4C)nn3)CC2)ccc1F. The third-order valence-corrected chi connectivity index (χ3v) is 7.30. The molecule has 1 aliphatic rings. The minimum atomic E-state index is -3.65. The molecule has 6 nitrogen and oxygen atoms in total. The Bertz CT molecular complexity index is 1160. The minimum Gasteiger partial charge on any atom is -0.352 e. The summed E-state index contributed by atoms with van der Waals surface area (Å²) in [7, 11) is -3.65. The molecule has 0 atom stereocenters. The van der Waals surface area contributed by atoms with Gasteiger partial charge in [-0.2, -0.15) is 4.31 Å². The third kappa shape index (κ3) is 3.93. The van der Waals surface area contributed by atoms with Gasteiger partial charge in [-0.05, 0) is 55.3 Å². The van der Waals surface area contributed by atoms with E-state index < -0.39 is 15.8 Å². The third-order valence-electron chi connectivity index (χ3n) is 5.40. The van der Waals surface area contributed by atoms with Gasteiger partial charge in [-0.25, -0.2) is 12.8 Å². The van der Waals surface area contributed by atoms with E-state index in [0.29, 0.717) is 31.7 Å². The predicted molar refractivity (Wildman–Crippen MR) is 114 cm³/mol. The maximum absolute atomic E-state index is 13.5. The number of hydrogen-bond acceptors (Lipinski definition) is 5. The first-order valence-electron chi connectivity index (χ1n) is 9.77. The summed E-state index contributed by atoms with van der Waals surface area (Å²) in [6, 6.07) is 15.8. The Morgan fingerprint density at radius 2 is 1.60 bits per heavy atom. The van der Waals surface area contributed by atoms with Crippen LogP contribution in [0.5, 0.6) is 0 Å². The zero-order valence-electron chi connectivity index (χ0n) is 16.9. The lowest BCUT2D eigenvalue weighted by Gasteiger charge is -2.34. The van der Waals surface area contributed by atoms with Crippen LogP contribution in [0.15, 0.2) is 59.5 Å². The normalized spacial score (nSPS) is 15.4. The van der Waals surface area contributed by atoms with E-state index in [0.717, 1.165) is 22.6 Å². The summed E-state index contributed by atoms with van der Waals surface area (Å²) in [5.41, 5.74) is 3.31. The average Bonchev–Trinajstić information content (AvgIpc) is 2.76. The lowest BCUT2D eigenvalue weighted by molar-refractivity contribution is 0.383. The van der Waals surface area contributed by atoms with Crippen LogP contribution < -0.4 is 4.90 Å². The van der Waals surface area contributed by atoms with Crippen LogP contribution in [0.25, 0.3) is 11.3 Å². The summed E-state index contributed by atoms with van der Waals surface area (Å²) < 4.78 is 40.7. The minimum absolute atomic E-state index is 0.122. The summed E-state index contributed by atoms with van der Waals surface area (Å²) >= 11 is 0. The van der Waals surface area contributed by atoms with Gasteiger partial charge >= 0.3 is 0 Å². The number of hydrogen-bond donors (Lipinski definition) is 0. The molecule has 1 fully saturated rings. The molecular formula is C22H23FN4O2S. The molecule has 30 heavy (non-hydrogen) atoms. The van der Waals surface area contributed by atoms with Crippen LogP contribution in [0.3, 0.4) is 0 Å². The molecule has 0 unspecified atom stereocenters. The second-order valence-corrected chi connectivity index (χ2v) is 9.33. The van der Waals surface area contributed by atoms with Crippen molar-refractivity contribution in [3.63, 3.8) is 0 Å². The standard InChI is InChI=1S/C22H23FN4O2S/c1-16-5-3-4-6-19(16)21-9-10-22(25-24-21)26-11-13-27(14-12-26)30(28,29)18-7-8-20(23)17(2)15-18/h3-10,15H,11-14H2,1-2H3. The van der Waals surface area contributed by atoms with E-state index in [-0.39, 0.29) is 4.90 Å². The highest BCUT2D eigenvalue weighted by atomic mass is 32.2. The second kappa shape index (κ2) is 8.12. The van der Waals surface area contributed by atoms with Crippen molar-refractivity contribution < 1.29 is 12.8 Å². The van der Waals surface area contributed by atoms with E-state index in [4.69, 9.17) is 0 Å². The van der Waals surface area contributed by atoms with Crippen LogP contribution in [-0.4, -0.2) is 49.1 Å². The molecule has 1 aliphatic heterocycles. The molecule has 0 aliphatic carbocycles. The number of nitrogens with zero attached hydrogens (tertiary/aromatic N) is 4. The van der Waals surface area contributed by atoms with Crippen LogP contribution in [0.1, 0.15) is 11.1 Å². The van der Waals surface area contributed by atoms with Crippen LogP contribution in [0.2, 0.25) is 0 Å². The Morgan fingerprint density at radius 1 is 0.867 bits per heavy atom. The zero-order valence-corrected chi connectivity index (χ0v) is 17.7. The summed E-state index contributed by atoms with van der Waals surface area (Å²) in [6.07, 6.45) is 0. The van der Waals surface area contributed by atoms with E-state index in [1.807, 2.05) is 48.2 Å². The first kappa shape index (κ1) is 20.4. The largest absolute Gasteiger partial charge is 0.352 e. The first-order valence-corrected chi connectivity index (χ1v) is 11.2. The van der Waals surface area contributed by atoms with Gasteiger partial charge in [0.1, 0.15) is 5.82 Å². The van der Waals surface area contributed by atoms with Crippen molar-refractivity contribution in [2.24, 2.45) is 0 Å². The molecule has 8 heteroatoms. The summed E-state index contributed by atoms with van der Waals surface area (Å²) in [5, 5.41) is 8.71. The number of halogens is 1. The smallest absolute Gasteiger partial charge is 0.243 e. The van der Waals surface area contributed by atoms with Crippen molar-refractivity contribution in [1.82, 2.24) is 14.5 Å². The molecule has 4 rings (SSSR count). The van der Waals surface area contributed by atoms with Crippen molar-refractivity contribution >= 4 is 15.8 Å². The van der Waals surface area contributed by atoms with Gasteiger partial charge in [0.15, 0.2) is 5.82 Å². The van der Waals surface area contributed by atoms with Crippen LogP contribution in [0.4, 0.5) is 10.2 Å². The second-order valence-electron chi connectivity index (χ2n) is 7.39. The molecule has 0 bridgehead atoms. The first-order chi connectivity index (χ1) is 14.4. The van der Waals surface area contributed by atoms with Gasteiger partial charge in [0.2, 0.25) is 10.0 Å². The highest BCUT2D eigenvalue weighted by Crippen LogP contribution is 2.24. The molecule has 156 valence electrons. The maximum Gasteiger partial charge on any atom is 0.243 e. The van der Waals surface area contributed by atoms with E-state index in [1.165, 1.54) is 22.5 Å². The summed E-state index contributed by atoms with van der Waals surface area (Å²) in [4.78, 5) is 2.15. The van der Waals surface area contributed by atoms with E-state index >= 15 is 0 Å². The van der Waals surface area contributed by atoms with E-state index in [9.17, 15) is 12.8 Å². The molecule has 0 radical (unpaired) electrons. The van der Waals surface area contributed by atoms with Crippen molar-refractivity contribution in [1.29, 1.82) is 0 Å². The molecular weight excluding hydrogens is 403 g/mol. The molecule has 0 saturated carbocycles. The van der Waals surface area contributed by atoms with Gasteiger partial charge in [-0.1, -0.05) is 24.3 Å². The number of aryl methyl sites for hydroxylation is 2.